The van der Waals surface area contributed by atoms with Crippen LogP contribution in [0.15, 0.2) is 29.6 Å². The number of amides is 1. The maximum Gasteiger partial charge on any atom is 0.328 e. The van der Waals surface area contributed by atoms with Crippen LogP contribution in [0.2, 0.25) is 0 Å². The Morgan fingerprint density at radius 1 is 1.30 bits per heavy atom. The van der Waals surface area contributed by atoms with Gasteiger partial charge in [-0.1, -0.05) is 6.07 Å². The van der Waals surface area contributed by atoms with Crippen molar-refractivity contribution in [2.45, 2.75) is 52.0 Å². The largest absolute Gasteiger partial charge is 0.464 e. The first-order valence-electron chi connectivity index (χ1n) is 11.4. The highest BCUT2D eigenvalue weighted by molar-refractivity contribution is 7.80. The van der Waals surface area contributed by atoms with Crippen LogP contribution in [0.4, 0.5) is 0 Å². The zero-order chi connectivity index (χ0) is 23.8. The molecule has 0 aliphatic carbocycles. The molecule has 0 saturated carbocycles. The topological polar surface area (TPSA) is 83.6 Å². The van der Waals surface area contributed by atoms with E-state index in [4.69, 9.17) is 21.9 Å². The molecule has 1 amide bonds. The summed E-state index contributed by atoms with van der Waals surface area (Å²) in [5.41, 5.74) is 2.42. The molecular formula is C24H32N4O3S2. The molecule has 0 aromatic carbocycles. The highest BCUT2D eigenvalue weighted by Crippen LogP contribution is 2.29. The lowest BCUT2D eigenvalue weighted by atomic mass is 9.90. The molecule has 1 aliphatic rings. The maximum atomic E-state index is 12.9. The number of rotatable bonds is 8. The Bertz CT molecular complexity index is 957. The second kappa shape index (κ2) is 12.1. The van der Waals surface area contributed by atoms with Gasteiger partial charge in [0.05, 0.1) is 17.9 Å². The molecule has 2 aromatic rings. The van der Waals surface area contributed by atoms with E-state index in [9.17, 15) is 9.59 Å². The molecule has 2 N–H and O–H groups in total. The lowest BCUT2D eigenvalue weighted by Gasteiger charge is -2.34. The van der Waals surface area contributed by atoms with E-state index in [0.717, 1.165) is 43.7 Å². The monoisotopic (exact) mass is 488 g/mol. The number of aromatic nitrogens is 1. The summed E-state index contributed by atoms with van der Waals surface area (Å²) in [6.45, 7) is 7.90. The van der Waals surface area contributed by atoms with Gasteiger partial charge in [0.2, 0.25) is 0 Å². The molecule has 1 unspecified atom stereocenters. The Morgan fingerprint density at radius 2 is 2.06 bits per heavy atom. The molecular weight excluding hydrogens is 456 g/mol. The number of esters is 1. The van der Waals surface area contributed by atoms with Crippen molar-refractivity contribution in [3.05, 3.63) is 51.5 Å². The molecule has 33 heavy (non-hydrogen) atoms. The fraction of sp³-hybridized carbons (Fsp3) is 0.500. The van der Waals surface area contributed by atoms with Gasteiger partial charge in [0.15, 0.2) is 5.11 Å². The van der Waals surface area contributed by atoms with Crippen molar-refractivity contribution in [1.82, 2.24) is 20.5 Å². The van der Waals surface area contributed by atoms with E-state index < -0.39 is 6.04 Å². The maximum absolute atomic E-state index is 12.9. The predicted octanol–water partition coefficient (Wildman–Crippen LogP) is 3.43. The van der Waals surface area contributed by atoms with E-state index in [2.05, 4.69) is 21.6 Å². The second-order valence-electron chi connectivity index (χ2n) is 8.16. The summed E-state index contributed by atoms with van der Waals surface area (Å²) in [5.74, 6) is -0.199. The minimum atomic E-state index is -0.488. The summed E-state index contributed by atoms with van der Waals surface area (Å²) in [5, 5.41) is 8.71. The normalized spacial score (nSPS) is 15.1. The number of thiophene rings is 1. The second-order valence-corrected chi connectivity index (χ2v) is 9.57. The van der Waals surface area contributed by atoms with Gasteiger partial charge in [-0.3, -0.25) is 9.78 Å². The van der Waals surface area contributed by atoms with Gasteiger partial charge in [-0.05, 0) is 75.8 Å². The van der Waals surface area contributed by atoms with E-state index in [1.54, 1.807) is 25.2 Å². The fourth-order valence-corrected chi connectivity index (χ4v) is 4.96. The number of hydrogen-bond acceptors (Lipinski definition) is 6. The van der Waals surface area contributed by atoms with Gasteiger partial charge in [-0.25, -0.2) is 4.79 Å². The molecule has 3 heterocycles. The van der Waals surface area contributed by atoms with E-state index in [1.807, 2.05) is 30.5 Å². The molecule has 9 heteroatoms. The molecule has 178 valence electrons. The number of pyridine rings is 1. The lowest BCUT2D eigenvalue weighted by molar-refractivity contribution is -0.144. The zero-order valence-corrected chi connectivity index (χ0v) is 21.1. The number of carbonyl (C=O) groups excluding carboxylic acids is 2. The number of ether oxygens (including phenoxy) is 1. The van der Waals surface area contributed by atoms with Gasteiger partial charge in [-0.15, -0.1) is 11.3 Å². The van der Waals surface area contributed by atoms with Gasteiger partial charge < -0.3 is 20.3 Å². The standard InChI is InChI=1S/C24H32N4O3S2/c1-4-31-23(30)17(3)27-24(32)28-13-10-18(11-14-28)21-20(8-7-16(2)26-21)22(29)25-12-9-19-6-5-15-33-19/h5-8,15,17-18H,4,9-14H2,1-3H3,(H,25,29)(H,27,32). The molecule has 1 aliphatic heterocycles. The number of nitrogens with one attached hydrogen (secondary N) is 2. The van der Waals surface area contributed by atoms with Crippen LogP contribution in [0, 0.1) is 6.92 Å². The average Bonchev–Trinajstić information content (AvgIpc) is 3.32. The van der Waals surface area contributed by atoms with Gasteiger partial charge in [-0.2, -0.15) is 0 Å². The fourth-order valence-electron chi connectivity index (χ4n) is 3.89. The molecule has 1 saturated heterocycles. The first-order chi connectivity index (χ1) is 15.9. The predicted molar refractivity (Wildman–Crippen MR) is 135 cm³/mol. The Kier molecular flexibility index (Phi) is 9.20. The van der Waals surface area contributed by atoms with Gasteiger partial charge in [0.1, 0.15) is 6.04 Å². The van der Waals surface area contributed by atoms with Crippen LogP contribution in [0.5, 0.6) is 0 Å². The van der Waals surface area contributed by atoms with E-state index in [-0.39, 0.29) is 17.8 Å². The van der Waals surface area contributed by atoms with Gasteiger partial charge >= 0.3 is 5.97 Å². The van der Waals surface area contributed by atoms with Crippen molar-refractivity contribution in [2.24, 2.45) is 0 Å². The van der Waals surface area contributed by atoms with Crippen molar-refractivity contribution in [2.75, 3.05) is 26.2 Å². The smallest absolute Gasteiger partial charge is 0.328 e. The minimum absolute atomic E-state index is 0.0723. The van der Waals surface area contributed by atoms with E-state index in [0.29, 0.717) is 23.8 Å². The molecule has 0 bridgehead atoms. The zero-order valence-electron chi connectivity index (χ0n) is 19.4. The number of thiocarbonyl (C=S) groups is 1. The number of nitrogens with zero attached hydrogens (tertiary/aromatic N) is 2. The highest BCUT2D eigenvalue weighted by atomic mass is 32.1. The van der Waals surface area contributed by atoms with Crippen molar-refractivity contribution >= 4 is 40.5 Å². The van der Waals surface area contributed by atoms with Crippen molar-refractivity contribution in [3.8, 4) is 0 Å². The van der Waals surface area contributed by atoms with Gasteiger partial charge in [0.25, 0.3) is 5.91 Å². The van der Waals surface area contributed by atoms with E-state index >= 15 is 0 Å². The Morgan fingerprint density at radius 3 is 2.73 bits per heavy atom. The number of likely N-dealkylation sites (tertiary alicyclic amines) is 1. The summed E-state index contributed by atoms with van der Waals surface area (Å²) in [6.07, 6.45) is 2.49. The molecule has 1 fully saturated rings. The Hall–Kier alpha value is -2.52. The van der Waals surface area contributed by atoms with Crippen LogP contribution in [-0.2, 0) is 16.0 Å². The van der Waals surface area contributed by atoms with Crippen LogP contribution in [0.3, 0.4) is 0 Å². The number of piperidine rings is 1. The third-order valence-electron chi connectivity index (χ3n) is 5.69. The summed E-state index contributed by atoms with van der Waals surface area (Å²) in [4.78, 5) is 32.9. The third-order valence-corrected chi connectivity index (χ3v) is 7.01. The van der Waals surface area contributed by atoms with Crippen LogP contribution < -0.4 is 10.6 Å². The summed E-state index contributed by atoms with van der Waals surface area (Å²) < 4.78 is 5.04. The lowest BCUT2D eigenvalue weighted by Crippen LogP contribution is -2.49. The average molecular weight is 489 g/mol. The van der Waals surface area contributed by atoms with Crippen LogP contribution in [0.25, 0.3) is 0 Å². The van der Waals surface area contributed by atoms with E-state index in [1.165, 1.54) is 4.88 Å². The number of carbonyl (C=O) groups is 2. The minimum Gasteiger partial charge on any atom is -0.464 e. The van der Waals surface area contributed by atoms with Crippen LogP contribution in [0.1, 0.15) is 59.2 Å². The molecule has 0 radical (unpaired) electrons. The highest BCUT2D eigenvalue weighted by Gasteiger charge is 2.28. The molecule has 1 atom stereocenters. The third kappa shape index (κ3) is 6.98. The summed E-state index contributed by atoms with van der Waals surface area (Å²) in [7, 11) is 0. The van der Waals surface area contributed by atoms with Gasteiger partial charge in [0, 0.05) is 36.1 Å². The Balaban J connectivity index is 1.58. The quantitative estimate of drug-likeness (QED) is 0.435. The number of hydrogen-bond donors (Lipinski definition) is 2. The SMILES string of the molecule is CCOC(=O)C(C)NC(=S)N1CCC(c2nc(C)ccc2C(=O)NCCc2cccs2)CC1. The van der Waals surface area contributed by atoms with Crippen LogP contribution in [-0.4, -0.2) is 59.2 Å². The van der Waals surface area contributed by atoms with Crippen molar-refractivity contribution in [1.29, 1.82) is 0 Å². The summed E-state index contributed by atoms with van der Waals surface area (Å²) in [6, 6.07) is 7.39. The molecule has 2 aromatic heterocycles. The van der Waals surface area contributed by atoms with Crippen LogP contribution >= 0.6 is 23.6 Å². The number of aryl methyl sites for hydroxylation is 1. The molecule has 0 spiro atoms. The summed E-state index contributed by atoms with van der Waals surface area (Å²) >= 11 is 7.21. The molecule has 3 rings (SSSR count). The van der Waals surface area contributed by atoms with Crippen molar-refractivity contribution < 1.29 is 14.3 Å². The van der Waals surface area contributed by atoms with Crippen molar-refractivity contribution in [3.63, 3.8) is 0 Å². The first kappa shape index (κ1) is 25.1. The first-order valence-corrected chi connectivity index (χ1v) is 12.7. The Labute approximate surface area is 204 Å². The molecule has 7 nitrogen and oxygen atoms in total.